The van der Waals surface area contributed by atoms with Gasteiger partial charge in [0.05, 0.1) is 15.1 Å². The average Bonchev–Trinajstić information content (AvgIpc) is 1.35. The van der Waals surface area contributed by atoms with E-state index in [-0.39, 0.29) is 8.80 Å². The van der Waals surface area contributed by atoms with E-state index in [0.717, 1.165) is 6.26 Å². The Labute approximate surface area is 39.9 Å². The molecule has 0 heterocycles. The number of rotatable bonds is 1. The molecule has 0 aliphatic carbocycles. The molecule has 0 aromatic heterocycles. The van der Waals surface area contributed by atoms with Crippen LogP contribution in [0.3, 0.4) is 0 Å². The standard InChI is InChI=1S/C4H9OSi/c1-6(2)4-3-5/h3-5H,1-2H3. The molecule has 0 spiro atoms. The van der Waals surface area contributed by atoms with Gasteiger partial charge >= 0.3 is 0 Å². The summed E-state index contributed by atoms with van der Waals surface area (Å²) in [6.45, 7) is 4.22. The van der Waals surface area contributed by atoms with Gasteiger partial charge in [0.25, 0.3) is 0 Å². The maximum atomic E-state index is 8.08. The first-order chi connectivity index (χ1) is 2.77. The lowest BCUT2D eigenvalue weighted by Gasteiger charge is -1.82. The highest BCUT2D eigenvalue weighted by molar-refractivity contribution is 6.61. The Morgan fingerprint density at radius 1 is 1.50 bits per heavy atom. The molecule has 0 aromatic carbocycles. The van der Waals surface area contributed by atoms with E-state index in [4.69, 9.17) is 5.11 Å². The van der Waals surface area contributed by atoms with Crippen molar-refractivity contribution in [3.8, 4) is 0 Å². The van der Waals surface area contributed by atoms with Gasteiger partial charge in [0.15, 0.2) is 0 Å². The lowest BCUT2D eigenvalue weighted by atomic mass is 11.2. The summed E-state index contributed by atoms with van der Waals surface area (Å²) in [5.41, 5.74) is 1.82. The predicted octanol–water partition coefficient (Wildman–Crippen LogP) is 1.35. The Morgan fingerprint density at radius 2 is 2.00 bits per heavy atom. The van der Waals surface area contributed by atoms with Crippen LogP contribution in [0.15, 0.2) is 12.0 Å². The molecule has 2 heteroatoms. The molecular formula is C4H9OSi. The molecule has 1 nitrogen and oxygen atoms in total. The smallest absolute Gasteiger partial charge is 0.0733 e. The van der Waals surface area contributed by atoms with E-state index in [9.17, 15) is 0 Å². The second-order valence-electron chi connectivity index (χ2n) is 1.39. The van der Waals surface area contributed by atoms with Gasteiger partial charge < -0.3 is 5.11 Å². The lowest BCUT2D eigenvalue weighted by Crippen LogP contribution is -1.91. The molecule has 0 bridgehead atoms. The highest BCUT2D eigenvalue weighted by Gasteiger charge is 1.81. The van der Waals surface area contributed by atoms with Crippen LogP contribution in [0.4, 0.5) is 0 Å². The zero-order chi connectivity index (χ0) is 4.99. The normalized spacial score (nSPS) is 11.2. The van der Waals surface area contributed by atoms with Crippen LogP contribution in [0, 0.1) is 0 Å². The molecule has 0 aliphatic rings. The Hall–Kier alpha value is -0.243. The summed E-state index contributed by atoms with van der Waals surface area (Å²) in [6, 6.07) is 0. The molecule has 0 aromatic rings. The Bertz CT molecular complexity index is 49.5. The van der Waals surface area contributed by atoms with Gasteiger partial charge in [-0.05, 0) is 0 Å². The van der Waals surface area contributed by atoms with Gasteiger partial charge in [0.2, 0.25) is 0 Å². The fourth-order valence-corrected chi connectivity index (χ4v) is 0.447. The topological polar surface area (TPSA) is 20.2 Å². The van der Waals surface area contributed by atoms with Crippen molar-refractivity contribution in [3.63, 3.8) is 0 Å². The minimum atomic E-state index is -0.316. The zero-order valence-electron chi connectivity index (χ0n) is 4.10. The van der Waals surface area contributed by atoms with Crippen molar-refractivity contribution in [2.24, 2.45) is 0 Å². The van der Waals surface area contributed by atoms with Crippen LogP contribution in [0.2, 0.25) is 13.1 Å². The number of aliphatic hydroxyl groups is 1. The van der Waals surface area contributed by atoms with Crippen molar-refractivity contribution in [2.45, 2.75) is 13.1 Å². The summed E-state index contributed by atoms with van der Waals surface area (Å²) in [7, 11) is -0.316. The van der Waals surface area contributed by atoms with E-state index in [1.165, 1.54) is 0 Å². The maximum Gasteiger partial charge on any atom is 0.0733 e. The molecule has 35 valence electrons. The molecule has 6 heavy (non-hydrogen) atoms. The first kappa shape index (κ1) is 5.76. The first-order valence-corrected chi connectivity index (χ1v) is 4.46. The van der Waals surface area contributed by atoms with Crippen molar-refractivity contribution < 1.29 is 5.11 Å². The summed E-state index contributed by atoms with van der Waals surface area (Å²) in [5.74, 6) is 0. The Kier molecular flexibility index (Phi) is 2.85. The van der Waals surface area contributed by atoms with Gasteiger partial charge in [-0.15, -0.1) is 0 Å². The quantitative estimate of drug-likeness (QED) is 0.390. The fourth-order valence-electron chi connectivity index (χ4n) is 0.149. The van der Waals surface area contributed by atoms with E-state index < -0.39 is 0 Å². The van der Waals surface area contributed by atoms with Gasteiger partial charge in [0, 0.05) is 0 Å². The minimum absolute atomic E-state index is 0.316. The highest BCUT2D eigenvalue weighted by atomic mass is 28.3. The van der Waals surface area contributed by atoms with Crippen LogP contribution < -0.4 is 0 Å². The molecule has 0 fully saturated rings. The Morgan fingerprint density at radius 3 is 2.00 bits per heavy atom. The summed E-state index contributed by atoms with van der Waals surface area (Å²) in [6.07, 6.45) is 1.12. The average molecular weight is 101 g/mol. The molecule has 0 rings (SSSR count). The second-order valence-corrected chi connectivity index (χ2v) is 3.88. The van der Waals surface area contributed by atoms with Crippen LogP contribution in [-0.4, -0.2) is 13.9 Å². The van der Waals surface area contributed by atoms with Crippen LogP contribution in [-0.2, 0) is 0 Å². The van der Waals surface area contributed by atoms with Gasteiger partial charge in [-0.1, -0.05) is 18.8 Å². The summed E-state index contributed by atoms with van der Waals surface area (Å²) >= 11 is 0. The van der Waals surface area contributed by atoms with Gasteiger partial charge in [-0.25, -0.2) is 0 Å². The van der Waals surface area contributed by atoms with Crippen LogP contribution in [0.5, 0.6) is 0 Å². The van der Waals surface area contributed by atoms with E-state index in [2.05, 4.69) is 13.1 Å². The van der Waals surface area contributed by atoms with Crippen molar-refractivity contribution in [3.05, 3.63) is 12.0 Å². The minimum Gasteiger partial charge on any atom is -0.516 e. The largest absolute Gasteiger partial charge is 0.516 e. The summed E-state index contributed by atoms with van der Waals surface area (Å²) in [5, 5.41) is 8.08. The number of aliphatic hydroxyl groups excluding tert-OH is 1. The van der Waals surface area contributed by atoms with Gasteiger partial charge in [0.1, 0.15) is 0 Å². The van der Waals surface area contributed by atoms with Crippen molar-refractivity contribution in [1.29, 1.82) is 0 Å². The van der Waals surface area contributed by atoms with Crippen LogP contribution in [0.1, 0.15) is 0 Å². The third kappa shape index (κ3) is 3.76. The third-order valence-corrected chi connectivity index (χ3v) is 1.22. The predicted molar refractivity (Wildman–Crippen MR) is 29.3 cm³/mol. The molecule has 0 unspecified atom stereocenters. The molecule has 0 aliphatic heterocycles. The van der Waals surface area contributed by atoms with E-state index in [1.807, 2.05) is 5.70 Å². The van der Waals surface area contributed by atoms with Crippen LogP contribution in [0.25, 0.3) is 0 Å². The fraction of sp³-hybridized carbons (Fsp3) is 0.500. The van der Waals surface area contributed by atoms with Crippen molar-refractivity contribution in [1.82, 2.24) is 0 Å². The van der Waals surface area contributed by atoms with E-state index >= 15 is 0 Å². The molecule has 0 saturated carbocycles. The van der Waals surface area contributed by atoms with Crippen LogP contribution >= 0.6 is 0 Å². The molecule has 0 saturated heterocycles. The summed E-state index contributed by atoms with van der Waals surface area (Å²) < 4.78 is 0. The van der Waals surface area contributed by atoms with Gasteiger partial charge in [-0.3, -0.25) is 0 Å². The SMILES string of the molecule is C[Si](C)C=CO. The third-order valence-electron chi connectivity index (χ3n) is 0.408. The lowest BCUT2D eigenvalue weighted by molar-refractivity contribution is 0.474. The molecule has 1 radical (unpaired) electrons. The molecule has 0 amide bonds. The molecular weight excluding hydrogens is 92.1 g/mol. The first-order valence-electron chi connectivity index (χ1n) is 1.88. The van der Waals surface area contributed by atoms with E-state index in [1.54, 1.807) is 0 Å². The number of hydrogen-bond donors (Lipinski definition) is 1. The Balaban J connectivity index is 3.03. The maximum absolute atomic E-state index is 8.08. The second kappa shape index (κ2) is 2.97. The molecule has 1 N–H and O–H groups in total. The van der Waals surface area contributed by atoms with E-state index in [0.29, 0.717) is 0 Å². The highest BCUT2D eigenvalue weighted by Crippen LogP contribution is 1.77. The summed E-state index contributed by atoms with van der Waals surface area (Å²) in [4.78, 5) is 0. The molecule has 0 atom stereocenters. The van der Waals surface area contributed by atoms with Crippen molar-refractivity contribution >= 4 is 8.80 Å². The zero-order valence-corrected chi connectivity index (χ0v) is 5.10. The van der Waals surface area contributed by atoms with Gasteiger partial charge in [-0.2, -0.15) is 0 Å². The number of hydrogen-bond acceptors (Lipinski definition) is 1. The van der Waals surface area contributed by atoms with Crippen molar-refractivity contribution in [2.75, 3.05) is 0 Å². The monoisotopic (exact) mass is 101 g/mol.